The Bertz CT molecular complexity index is 459. The molecule has 1 fully saturated rings. The number of nitrogens with one attached hydrogen (secondary N) is 1. The van der Waals surface area contributed by atoms with Gasteiger partial charge in [-0.2, -0.15) is 0 Å². The van der Waals surface area contributed by atoms with E-state index in [0.29, 0.717) is 25.3 Å². The zero-order chi connectivity index (χ0) is 13.0. The Balaban J connectivity index is 2.21. The number of morpholine rings is 1. The molecular weight excluding hydrogens is 232 g/mol. The van der Waals surface area contributed by atoms with Crippen LogP contribution < -0.4 is 10.2 Å². The maximum Gasteiger partial charge on any atom is 0.253 e. The molecule has 1 heterocycles. The number of benzene rings is 1. The Kier molecular flexibility index (Phi) is 3.94. The second kappa shape index (κ2) is 5.64. The molecule has 5 heteroatoms. The molecule has 1 aromatic carbocycles. The normalized spacial score (nSPS) is 15.6. The summed E-state index contributed by atoms with van der Waals surface area (Å²) in [6.07, 6.45) is 0. The van der Waals surface area contributed by atoms with E-state index < -0.39 is 0 Å². The quantitative estimate of drug-likeness (QED) is 0.860. The number of carbonyl (C=O) groups excluding carboxylic acids is 2. The summed E-state index contributed by atoms with van der Waals surface area (Å²) in [5, 5.41) is 2.74. The maximum atomic E-state index is 11.7. The van der Waals surface area contributed by atoms with Gasteiger partial charge in [0.15, 0.2) is 0 Å². The Morgan fingerprint density at radius 3 is 3.06 bits per heavy atom. The van der Waals surface area contributed by atoms with Crippen molar-refractivity contribution in [1.82, 2.24) is 5.32 Å². The molecule has 18 heavy (non-hydrogen) atoms. The summed E-state index contributed by atoms with van der Waals surface area (Å²) >= 11 is 0. The molecule has 1 N–H and O–H groups in total. The van der Waals surface area contributed by atoms with Gasteiger partial charge in [-0.15, -0.1) is 0 Å². The van der Waals surface area contributed by atoms with Crippen LogP contribution in [-0.2, 0) is 9.53 Å². The molecule has 0 atom stereocenters. The van der Waals surface area contributed by atoms with Crippen LogP contribution in [0.15, 0.2) is 24.3 Å². The standard InChI is InChI=1S/C13H16N2O3/c1-2-14-13(17)10-4-3-5-11(8-10)15-6-7-18-9-12(15)16/h3-5,8H,2,6-7,9H2,1H3,(H,14,17). The van der Waals surface area contributed by atoms with Crippen molar-refractivity contribution < 1.29 is 14.3 Å². The molecule has 0 saturated carbocycles. The van der Waals surface area contributed by atoms with E-state index in [1.165, 1.54) is 0 Å². The summed E-state index contributed by atoms with van der Waals surface area (Å²) in [5.41, 5.74) is 1.31. The van der Waals surface area contributed by atoms with Gasteiger partial charge in [0.05, 0.1) is 6.61 Å². The first-order chi connectivity index (χ1) is 8.72. The second-order valence-electron chi connectivity index (χ2n) is 4.01. The molecule has 1 aromatic rings. The fourth-order valence-corrected chi connectivity index (χ4v) is 1.87. The van der Waals surface area contributed by atoms with Crippen LogP contribution in [0.4, 0.5) is 5.69 Å². The number of anilines is 1. The van der Waals surface area contributed by atoms with Crippen LogP contribution in [0, 0.1) is 0 Å². The number of nitrogens with zero attached hydrogens (tertiary/aromatic N) is 1. The Labute approximate surface area is 106 Å². The summed E-state index contributed by atoms with van der Waals surface area (Å²) in [5.74, 6) is -0.200. The summed E-state index contributed by atoms with van der Waals surface area (Å²) in [6.45, 7) is 3.60. The average molecular weight is 248 g/mol. The van der Waals surface area contributed by atoms with Crippen molar-refractivity contribution in [3.8, 4) is 0 Å². The minimum atomic E-state index is -0.125. The van der Waals surface area contributed by atoms with Crippen molar-refractivity contribution in [3.63, 3.8) is 0 Å². The highest BCUT2D eigenvalue weighted by Gasteiger charge is 2.20. The molecule has 0 unspecified atom stereocenters. The molecule has 96 valence electrons. The monoisotopic (exact) mass is 248 g/mol. The Morgan fingerprint density at radius 2 is 2.33 bits per heavy atom. The molecular formula is C13H16N2O3. The predicted octanol–water partition coefficient (Wildman–Crippen LogP) is 0.799. The topological polar surface area (TPSA) is 58.6 Å². The highest BCUT2D eigenvalue weighted by molar-refractivity contribution is 5.98. The zero-order valence-electron chi connectivity index (χ0n) is 10.3. The molecule has 0 aromatic heterocycles. The van der Waals surface area contributed by atoms with Crippen LogP contribution in [0.25, 0.3) is 0 Å². The van der Waals surface area contributed by atoms with Gasteiger partial charge in [-0.1, -0.05) is 6.07 Å². The number of rotatable bonds is 3. The van der Waals surface area contributed by atoms with E-state index in [-0.39, 0.29) is 18.4 Å². The van der Waals surface area contributed by atoms with E-state index in [2.05, 4.69) is 5.32 Å². The van der Waals surface area contributed by atoms with Gasteiger partial charge < -0.3 is 15.0 Å². The first kappa shape index (κ1) is 12.6. The lowest BCUT2D eigenvalue weighted by Crippen LogP contribution is -2.41. The first-order valence-electron chi connectivity index (χ1n) is 5.98. The average Bonchev–Trinajstić information content (AvgIpc) is 2.40. The SMILES string of the molecule is CCNC(=O)c1cccc(N2CCOCC2=O)c1. The molecule has 0 aliphatic carbocycles. The van der Waals surface area contributed by atoms with Crippen LogP contribution in [0.1, 0.15) is 17.3 Å². The van der Waals surface area contributed by atoms with Crippen LogP contribution in [0.2, 0.25) is 0 Å². The van der Waals surface area contributed by atoms with Crippen molar-refractivity contribution in [2.45, 2.75) is 6.92 Å². The third kappa shape index (κ3) is 2.68. The van der Waals surface area contributed by atoms with Crippen LogP contribution in [0.5, 0.6) is 0 Å². The van der Waals surface area contributed by atoms with E-state index in [9.17, 15) is 9.59 Å². The lowest BCUT2D eigenvalue weighted by molar-refractivity contribution is -0.125. The summed E-state index contributed by atoms with van der Waals surface area (Å²) in [7, 11) is 0. The minimum absolute atomic E-state index is 0.0747. The van der Waals surface area contributed by atoms with Crippen LogP contribution in [0.3, 0.4) is 0 Å². The summed E-state index contributed by atoms with van der Waals surface area (Å²) < 4.78 is 5.08. The Morgan fingerprint density at radius 1 is 1.50 bits per heavy atom. The van der Waals surface area contributed by atoms with E-state index >= 15 is 0 Å². The maximum absolute atomic E-state index is 11.7. The lowest BCUT2D eigenvalue weighted by atomic mass is 10.1. The lowest BCUT2D eigenvalue weighted by Gasteiger charge is -2.27. The highest BCUT2D eigenvalue weighted by Crippen LogP contribution is 2.18. The number of ether oxygens (including phenoxy) is 1. The van der Waals surface area contributed by atoms with Gasteiger partial charge in [0.2, 0.25) is 0 Å². The van der Waals surface area contributed by atoms with Crippen molar-refractivity contribution in [2.24, 2.45) is 0 Å². The largest absolute Gasteiger partial charge is 0.370 e. The molecule has 2 rings (SSSR count). The number of amides is 2. The molecule has 1 saturated heterocycles. The smallest absolute Gasteiger partial charge is 0.253 e. The first-order valence-corrected chi connectivity index (χ1v) is 5.98. The second-order valence-corrected chi connectivity index (χ2v) is 4.01. The van der Waals surface area contributed by atoms with Gasteiger partial charge in [-0.25, -0.2) is 0 Å². The van der Waals surface area contributed by atoms with Gasteiger partial charge in [0.1, 0.15) is 6.61 Å². The van der Waals surface area contributed by atoms with Gasteiger partial charge in [0, 0.05) is 24.3 Å². The van der Waals surface area contributed by atoms with Crippen molar-refractivity contribution >= 4 is 17.5 Å². The van der Waals surface area contributed by atoms with Crippen molar-refractivity contribution in [1.29, 1.82) is 0 Å². The molecule has 0 bridgehead atoms. The fraction of sp³-hybridized carbons (Fsp3) is 0.385. The summed E-state index contributed by atoms with van der Waals surface area (Å²) in [4.78, 5) is 25.1. The highest BCUT2D eigenvalue weighted by atomic mass is 16.5. The van der Waals surface area contributed by atoms with Crippen LogP contribution >= 0.6 is 0 Å². The molecule has 1 aliphatic rings. The zero-order valence-corrected chi connectivity index (χ0v) is 10.3. The minimum Gasteiger partial charge on any atom is -0.370 e. The van der Waals surface area contributed by atoms with E-state index in [1.54, 1.807) is 23.1 Å². The molecule has 5 nitrogen and oxygen atoms in total. The summed E-state index contributed by atoms with van der Waals surface area (Å²) in [6, 6.07) is 7.07. The fourth-order valence-electron chi connectivity index (χ4n) is 1.87. The van der Waals surface area contributed by atoms with Gasteiger partial charge in [-0.3, -0.25) is 9.59 Å². The van der Waals surface area contributed by atoms with E-state index in [0.717, 1.165) is 5.69 Å². The van der Waals surface area contributed by atoms with Gasteiger partial charge in [0.25, 0.3) is 11.8 Å². The molecule has 2 amide bonds. The van der Waals surface area contributed by atoms with Gasteiger partial charge >= 0.3 is 0 Å². The third-order valence-corrected chi connectivity index (χ3v) is 2.74. The van der Waals surface area contributed by atoms with E-state index in [4.69, 9.17) is 4.74 Å². The predicted molar refractivity (Wildman–Crippen MR) is 67.6 cm³/mol. The number of hydrogen-bond acceptors (Lipinski definition) is 3. The van der Waals surface area contributed by atoms with E-state index in [1.807, 2.05) is 13.0 Å². The number of carbonyl (C=O) groups is 2. The molecule has 0 radical (unpaired) electrons. The number of hydrogen-bond donors (Lipinski definition) is 1. The van der Waals surface area contributed by atoms with Crippen molar-refractivity contribution in [2.75, 3.05) is 31.2 Å². The molecule has 1 aliphatic heterocycles. The third-order valence-electron chi connectivity index (χ3n) is 2.74. The van der Waals surface area contributed by atoms with Crippen molar-refractivity contribution in [3.05, 3.63) is 29.8 Å². The Hall–Kier alpha value is -1.88. The molecule has 0 spiro atoms. The van der Waals surface area contributed by atoms with Crippen LogP contribution in [-0.4, -0.2) is 38.1 Å². The van der Waals surface area contributed by atoms with Gasteiger partial charge in [-0.05, 0) is 25.1 Å².